The fourth-order valence-electron chi connectivity index (χ4n) is 2.58. The van der Waals surface area contributed by atoms with E-state index in [0.717, 1.165) is 44.3 Å². The molecule has 0 aromatic heterocycles. The van der Waals surface area contributed by atoms with Gasteiger partial charge in [0.25, 0.3) is 10.1 Å². The third-order valence-corrected chi connectivity index (χ3v) is 3.66. The molecule has 0 radical (unpaired) electrons. The summed E-state index contributed by atoms with van der Waals surface area (Å²) in [4.78, 5) is 0. The average molecular weight is 190 g/mol. The van der Waals surface area contributed by atoms with Crippen molar-refractivity contribution in [3.8, 4) is 0 Å². The van der Waals surface area contributed by atoms with E-state index in [-0.39, 0.29) is 5.60 Å². The summed E-state index contributed by atoms with van der Waals surface area (Å²) >= 11 is 0. The van der Waals surface area contributed by atoms with Crippen LogP contribution in [0.3, 0.4) is 0 Å². The standard InChI is InChI=1S/C8H14O3S/c1-12(9,10)11-8-4-2-7(6-8)3-5-8/h7H,2-6H2,1H3. The zero-order chi connectivity index (χ0) is 8.82. The van der Waals surface area contributed by atoms with Gasteiger partial charge in [-0.2, -0.15) is 8.42 Å². The Morgan fingerprint density at radius 3 is 2.25 bits per heavy atom. The first kappa shape index (κ1) is 8.51. The summed E-state index contributed by atoms with van der Waals surface area (Å²) in [6.07, 6.45) is 6.27. The van der Waals surface area contributed by atoms with Crippen molar-refractivity contribution in [3.63, 3.8) is 0 Å². The third kappa shape index (κ3) is 1.50. The van der Waals surface area contributed by atoms with Gasteiger partial charge in [0, 0.05) is 0 Å². The van der Waals surface area contributed by atoms with Crippen molar-refractivity contribution in [1.29, 1.82) is 0 Å². The molecule has 0 saturated heterocycles. The number of hydrogen-bond donors (Lipinski definition) is 0. The minimum atomic E-state index is -3.25. The molecule has 0 unspecified atom stereocenters. The van der Waals surface area contributed by atoms with Crippen LogP contribution in [0, 0.1) is 5.92 Å². The molecule has 0 amide bonds. The molecule has 0 N–H and O–H groups in total. The van der Waals surface area contributed by atoms with E-state index in [0.29, 0.717) is 0 Å². The number of hydrogen-bond acceptors (Lipinski definition) is 3. The van der Waals surface area contributed by atoms with E-state index in [9.17, 15) is 8.42 Å². The molecule has 0 heterocycles. The lowest BCUT2D eigenvalue weighted by atomic mass is 9.98. The number of fused-ring (bicyclic) bond motifs is 2. The van der Waals surface area contributed by atoms with Crippen LogP contribution >= 0.6 is 0 Å². The highest BCUT2D eigenvalue weighted by Gasteiger charge is 2.47. The summed E-state index contributed by atoms with van der Waals surface area (Å²) in [5.41, 5.74) is -0.293. The molecule has 0 spiro atoms. The van der Waals surface area contributed by atoms with Crippen LogP contribution < -0.4 is 0 Å². The summed E-state index contributed by atoms with van der Waals surface area (Å²) in [6, 6.07) is 0. The van der Waals surface area contributed by atoms with Crippen molar-refractivity contribution >= 4 is 10.1 Å². The Kier molecular flexibility index (Phi) is 1.74. The third-order valence-electron chi connectivity index (χ3n) is 3.01. The number of rotatable bonds is 2. The first-order chi connectivity index (χ1) is 5.49. The summed E-state index contributed by atoms with van der Waals surface area (Å²) < 4.78 is 27.0. The van der Waals surface area contributed by atoms with Crippen molar-refractivity contribution in [1.82, 2.24) is 0 Å². The maximum atomic E-state index is 10.9. The zero-order valence-electron chi connectivity index (χ0n) is 7.25. The Morgan fingerprint density at radius 1 is 1.33 bits per heavy atom. The quantitative estimate of drug-likeness (QED) is 0.616. The van der Waals surface area contributed by atoms with Crippen molar-refractivity contribution in [2.45, 2.75) is 37.7 Å². The van der Waals surface area contributed by atoms with Crippen LogP contribution in [0.15, 0.2) is 0 Å². The van der Waals surface area contributed by atoms with Gasteiger partial charge < -0.3 is 0 Å². The Hall–Kier alpha value is -0.0900. The minimum Gasteiger partial charge on any atom is -0.264 e. The lowest BCUT2D eigenvalue weighted by Gasteiger charge is -2.24. The molecule has 4 heteroatoms. The minimum absolute atomic E-state index is 0.293. The molecule has 0 aliphatic heterocycles. The van der Waals surface area contributed by atoms with E-state index in [1.807, 2.05) is 0 Å². The van der Waals surface area contributed by atoms with E-state index in [2.05, 4.69) is 0 Å². The predicted molar refractivity (Wildman–Crippen MR) is 45.2 cm³/mol. The first-order valence-electron chi connectivity index (χ1n) is 4.40. The second-order valence-corrected chi connectivity index (χ2v) is 5.69. The van der Waals surface area contributed by atoms with Gasteiger partial charge in [0.1, 0.15) is 0 Å². The summed E-state index contributed by atoms with van der Waals surface area (Å²) in [5.74, 6) is 0.728. The monoisotopic (exact) mass is 190 g/mol. The molecule has 3 nitrogen and oxygen atoms in total. The largest absolute Gasteiger partial charge is 0.264 e. The van der Waals surface area contributed by atoms with E-state index in [4.69, 9.17) is 4.18 Å². The highest BCUT2D eigenvalue weighted by atomic mass is 32.2. The lowest BCUT2D eigenvalue weighted by molar-refractivity contribution is 0.0897. The first-order valence-corrected chi connectivity index (χ1v) is 6.21. The van der Waals surface area contributed by atoms with Gasteiger partial charge in [0.05, 0.1) is 11.9 Å². The molecule has 2 fully saturated rings. The molecule has 2 bridgehead atoms. The van der Waals surface area contributed by atoms with Gasteiger partial charge in [0.15, 0.2) is 0 Å². The van der Waals surface area contributed by atoms with Crippen LogP contribution in [0.4, 0.5) is 0 Å². The molecular weight excluding hydrogens is 176 g/mol. The van der Waals surface area contributed by atoms with Crippen LogP contribution in [-0.2, 0) is 14.3 Å². The molecule has 2 saturated carbocycles. The maximum absolute atomic E-state index is 10.9. The molecule has 12 heavy (non-hydrogen) atoms. The topological polar surface area (TPSA) is 43.4 Å². The van der Waals surface area contributed by atoms with Gasteiger partial charge in [-0.1, -0.05) is 0 Å². The van der Waals surface area contributed by atoms with Gasteiger partial charge >= 0.3 is 0 Å². The second-order valence-electron chi connectivity index (χ2n) is 4.12. The van der Waals surface area contributed by atoms with Gasteiger partial charge in [0.2, 0.25) is 0 Å². The van der Waals surface area contributed by atoms with Gasteiger partial charge in [-0.15, -0.1) is 0 Å². The Labute approximate surface area is 73.2 Å². The Morgan fingerprint density at radius 2 is 1.92 bits per heavy atom. The van der Waals surface area contributed by atoms with E-state index >= 15 is 0 Å². The van der Waals surface area contributed by atoms with Crippen LogP contribution in [0.1, 0.15) is 32.1 Å². The van der Waals surface area contributed by atoms with Crippen LogP contribution in [0.5, 0.6) is 0 Å². The van der Waals surface area contributed by atoms with E-state index in [1.54, 1.807) is 0 Å². The van der Waals surface area contributed by atoms with Gasteiger partial charge in [-0.05, 0) is 38.0 Å². The normalized spacial score (nSPS) is 40.6. The smallest absolute Gasteiger partial charge is 0.264 e. The second kappa shape index (κ2) is 2.45. The Balaban J connectivity index is 2.13. The predicted octanol–water partition coefficient (Wildman–Crippen LogP) is 1.30. The zero-order valence-corrected chi connectivity index (χ0v) is 8.06. The van der Waals surface area contributed by atoms with Crippen LogP contribution in [0.25, 0.3) is 0 Å². The molecule has 70 valence electrons. The molecule has 0 atom stereocenters. The van der Waals surface area contributed by atoms with E-state index < -0.39 is 10.1 Å². The summed E-state index contributed by atoms with van der Waals surface area (Å²) in [6.45, 7) is 0. The van der Waals surface area contributed by atoms with Crippen molar-refractivity contribution in [3.05, 3.63) is 0 Å². The molecule has 2 aliphatic rings. The molecule has 0 aromatic rings. The van der Waals surface area contributed by atoms with Crippen molar-refractivity contribution in [2.24, 2.45) is 5.92 Å². The fraction of sp³-hybridized carbons (Fsp3) is 1.00. The van der Waals surface area contributed by atoms with Gasteiger partial charge in [-0.3, -0.25) is 4.18 Å². The maximum Gasteiger partial charge on any atom is 0.264 e. The van der Waals surface area contributed by atoms with Crippen molar-refractivity contribution in [2.75, 3.05) is 6.26 Å². The summed E-state index contributed by atoms with van der Waals surface area (Å²) in [5, 5.41) is 0. The molecule has 2 rings (SSSR count). The van der Waals surface area contributed by atoms with Crippen LogP contribution in [0.2, 0.25) is 0 Å². The SMILES string of the molecule is CS(=O)(=O)OC12CCC(CC1)C2. The summed E-state index contributed by atoms with van der Waals surface area (Å²) in [7, 11) is -3.25. The Bertz CT molecular complexity index is 273. The highest BCUT2D eigenvalue weighted by molar-refractivity contribution is 7.86. The fourth-order valence-corrected chi connectivity index (χ4v) is 3.45. The van der Waals surface area contributed by atoms with Crippen LogP contribution in [-0.4, -0.2) is 20.3 Å². The highest BCUT2D eigenvalue weighted by Crippen LogP contribution is 2.50. The van der Waals surface area contributed by atoms with Crippen molar-refractivity contribution < 1.29 is 12.6 Å². The van der Waals surface area contributed by atoms with Gasteiger partial charge in [-0.25, -0.2) is 0 Å². The molecular formula is C8H14O3S. The molecule has 0 aromatic carbocycles. The lowest BCUT2D eigenvalue weighted by Crippen LogP contribution is -2.29. The average Bonchev–Trinajstić information content (AvgIpc) is 2.40. The van der Waals surface area contributed by atoms with E-state index in [1.165, 1.54) is 0 Å². The molecule has 2 aliphatic carbocycles.